The fraction of sp³-hybridized carbons (Fsp3) is 0.393. The van der Waals surface area contributed by atoms with Gasteiger partial charge in [0.2, 0.25) is 0 Å². The number of amides is 1. The quantitative estimate of drug-likeness (QED) is 0.552. The lowest BCUT2D eigenvalue weighted by molar-refractivity contribution is 0.0621. The lowest BCUT2D eigenvalue weighted by Gasteiger charge is -2.34. The first-order valence-corrected chi connectivity index (χ1v) is 12.5. The van der Waals surface area contributed by atoms with Crippen molar-refractivity contribution in [2.45, 2.75) is 44.0 Å². The maximum absolute atomic E-state index is 13.0. The average molecular weight is 472 g/mol. The minimum Gasteiger partial charge on any atom is -0.387 e. The molecule has 35 heavy (non-hydrogen) atoms. The summed E-state index contributed by atoms with van der Waals surface area (Å²) in [5.74, 6) is -0.000857. The number of nitrogens with one attached hydrogen (secondary N) is 1. The molecule has 4 heterocycles. The number of aromatic nitrogens is 2. The van der Waals surface area contributed by atoms with Crippen LogP contribution in [-0.2, 0) is 13.0 Å². The highest BCUT2D eigenvalue weighted by Gasteiger charge is 2.30. The molecule has 2 fully saturated rings. The van der Waals surface area contributed by atoms with Crippen LogP contribution in [0.3, 0.4) is 0 Å². The number of hydrogen-bond donors (Lipinski definition) is 2. The number of nitrogens with zero attached hydrogens (tertiary/aromatic N) is 4. The third-order valence-electron chi connectivity index (χ3n) is 7.10. The second kappa shape index (κ2) is 11.1. The highest BCUT2D eigenvalue weighted by Crippen LogP contribution is 2.26. The molecule has 0 bridgehead atoms. The number of rotatable bonds is 7. The van der Waals surface area contributed by atoms with Gasteiger partial charge in [0.25, 0.3) is 5.91 Å². The third-order valence-corrected chi connectivity index (χ3v) is 7.10. The molecule has 2 N–H and O–H groups in total. The van der Waals surface area contributed by atoms with Gasteiger partial charge >= 0.3 is 0 Å². The Hall–Kier alpha value is -3.13. The fourth-order valence-corrected chi connectivity index (χ4v) is 5.09. The Balaban J connectivity index is 1.10. The number of aliphatic hydroxyl groups excluding tert-OH is 1. The highest BCUT2D eigenvalue weighted by molar-refractivity contribution is 5.92. The van der Waals surface area contributed by atoms with Crippen molar-refractivity contribution in [3.8, 4) is 0 Å². The smallest absolute Gasteiger partial charge is 0.272 e. The van der Waals surface area contributed by atoms with Gasteiger partial charge in [0.1, 0.15) is 5.69 Å². The average Bonchev–Trinajstić information content (AvgIpc) is 3.38. The topological polar surface area (TPSA) is 81.6 Å². The zero-order valence-electron chi connectivity index (χ0n) is 20.0. The summed E-state index contributed by atoms with van der Waals surface area (Å²) < 4.78 is 0. The first-order valence-electron chi connectivity index (χ1n) is 12.5. The number of carbonyl (C=O) groups excluding carboxylic acids is 1. The molecule has 0 radical (unpaired) electrons. The second-order valence-electron chi connectivity index (χ2n) is 9.55. The third kappa shape index (κ3) is 5.93. The number of carbonyl (C=O) groups is 1. The monoisotopic (exact) mass is 471 g/mol. The van der Waals surface area contributed by atoms with E-state index in [1.165, 1.54) is 0 Å². The molecular formula is C28H33N5O2. The van der Waals surface area contributed by atoms with Crippen LogP contribution in [0, 0.1) is 0 Å². The van der Waals surface area contributed by atoms with Crippen molar-refractivity contribution in [2.75, 3.05) is 26.2 Å². The first kappa shape index (κ1) is 23.6. The number of pyridine rings is 2. The summed E-state index contributed by atoms with van der Waals surface area (Å²) in [7, 11) is 0. The lowest BCUT2D eigenvalue weighted by Crippen LogP contribution is -2.48. The van der Waals surface area contributed by atoms with Crippen LogP contribution in [0.2, 0.25) is 0 Å². The Morgan fingerprint density at radius 2 is 1.77 bits per heavy atom. The Labute approximate surface area is 206 Å². The van der Waals surface area contributed by atoms with Crippen molar-refractivity contribution in [1.29, 1.82) is 0 Å². The fourth-order valence-electron chi connectivity index (χ4n) is 5.09. The van der Waals surface area contributed by atoms with Crippen molar-refractivity contribution in [1.82, 2.24) is 25.1 Å². The first-order chi connectivity index (χ1) is 17.2. The highest BCUT2D eigenvalue weighted by atomic mass is 16.3. The van der Waals surface area contributed by atoms with Crippen LogP contribution in [0.15, 0.2) is 73.1 Å². The van der Waals surface area contributed by atoms with Crippen molar-refractivity contribution >= 4 is 5.91 Å². The van der Waals surface area contributed by atoms with Gasteiger partial charge in [-0.05, 0) is 48.6 Å². The number of aliphatic hydroxyl groups is 1. The van der Waals surface area contributed by atoms with Crippen LogP contribution in [0.1, 0.15) is 46.3 Å². The number of hydrogen-bond acceptors (Lipinski definition) is 6. The van der Waals surface area contributed by atoms with Crippen LogP contribution in [-0.4, -0.2) is 69.0 Å². The van der Waals surface area contributed by atoms with E-state index in [9.17, 15) is 9.90 Å². The summed E-state index contributed by atoms with van der Waals surface area (Å²) in [6, 6.07) is 20.0. The summed E-state index contributed by atoms with van der Waals surface area (Å²) in [6.45, 7) is 3.89. The Morgan fingerprint density at radius 3 is 2.49 bits per heavy atom. The molecule has 2 aliphatic rings. The van der Waals surface area contributed by atoms with Gasteiger partial charge < -0.3 is 15.3 Å². The van der Waals surface area contributed by atoms with Crippen LogP contribution in [0.25, 0.3) is 0 Å². The minimum atomic E-state index is -0.497. The van der Waals surface area contributed by atoms with E-state index in [-0.39, 0.29) is 11.9 Å². The van der Waals surface area contributed by atoms with Crippen molar-refractivity contribution in [2.24, 2.45) is 0 Å². The molecule has 7 nitrogen and oxygen atoms in total. The molecule has 3 aromatic rings. The summed E-state index contributed by atoms with van der Waals surface area (Å²) in [5, 5.41) is 14.3. The molecule has 1 amide bonds. The van der Waals surface area contributed by atoms with Gasteiger partial charge in [0, 0.05) is 57.2 Å². The van der Waals surface area contributed by atoms with Gasteiger partial charge in [-0.15, -0.1) is 0 Å². The van der Waals surface area contributed by atoms with E-state index in [4.69, 9.17) is 0 Å². The molecule has 0 aliphatic carbocycles. The van der Waals surface area contributed by atoms with E-state index < -0.39 is 6.10 Å². The summed E-state index contributed by atoms with van der Waals surface area (Å²) >= 11 is 0. The zero-order chi connectivity index (χ0) is 24.0. The van der Waals surface area contributed by atoms with Crippen molar-refractivity contribution < 1.29 is 9.90 Å². The summed E-state index contributed by atoms with van der Waals surface area (Å²) in [5.41, 5.74) is 3.62. The SMILES string of the molecule is O=C(c1ccc(C[C@@H]2CC[C@H]([C@H](O)c3ccccc3)N2)cn1)N1CCN(Cc2ccccn2)CC1. The number of piperazine rings is 1. The van der Waals surface area contributed by atoms with Crippen LogP contribution < -0.4 is 5.32 Å². The van der Waals surface area contributed by atoms with E-state index in [2.05, 4.69) is 20.2 Å². The van der Waals surface area contributed by atoms with Gasteiger partial charge in [0.05, 0.1) is 11.8 Å². The standard InChI is InChI=1S/C28H33N5O2/c34-27(22-6-2-1-3-7-22)25-12-10-23(31-25)18-21-9-11-26(30-19-21)28(35)33-16-14-32(15-17-33)20-24-8-4-5-13-29-24/h1-9,11,13,19,23,25,27,31,34H,10,12,14-18,20H2/t23-,25+,27+/m0/s1. The van der Waals surface area contributed by atoms with E-state index in [1.807, 2.05) is 78.0 Å². The molecule has 7 heteroatoms. The predicted molar refractivity (Wildman–Crippen MR) is 135 cm³/mol. The molecule has 0 unspecified atom stereocenters. The molecule has 1 aromatic carbocycles. The number of benzene rings is 1. The molecule has 0 saturated carbocycles. The largest absolute Gasteiger partial charge is 0.387 e. The van der Waals surface area contributed by atoms with Crippen molar-refractivity contribution in [3.63, 3.8) is 0 Å². The van der Waals surface area contributed by atoms with Gasteiger partial charge in [-0.3, -0.25) is 19.7 Å². The van der Waals surface area contributed by atoms with Gasteiger partial charge in [-0.25, -0.2) is 0 Å². The normalized spacial score (nSPS) is 21.7. The van der Waals surface area contributed by atoms with E-state index in [0.717, 1.165) is 55.7 Å². The predicted octanol–water partition coefficient (Wildman–Crippen LogP) is 2.83. The van der Waals surface area contributed by atoms with E-state index in [1.54, 1.807) is 0 Å². The Kier molecular flexibility index (Phi) is 7.47. The Bertz CT molecular complexity index is 1090. The maximum atomic E-state index is 13.0. The van der Waals surface area contributed by atoms with E-state index >= 15 is 0 Å². The van der Waals surface area contributed by atoms with Crippen molar-refractivity contribution in [3.05, 3.63) is 95.6 Å². The van der Waals surface area contributed by atoms with Crippen LogP contribution in [0.5, 0.6) is 0 Å². The van der Waals surface area contributed by atoms with Gasteiger partial charge in [0.15, 0.2) is 0 Å². The molecule has 2 saturated heterocycles. The molecular weight excluding hydrogens is 438 g/mol. The van der Waals surface area contributed by atoms with Gasteiger partial charge in [-0.2, -0.15) is 0 Å². The zero-order valence-corrected chi connectivity index (χ0v) is 20.0. The molecule has 182 valence electrons. The van der Waals surface area contributed by atoms with Crippen LogP contribution >= 0.6 is 0 Å². The van der Waals surface area contributed by atoms with E-state index in [0.29, 0.717) is 24.8 Å². The molecule has 5 rings (SSSR count). The Morgan fingerprint density at radius 1 is 0.971 bits per heavy atom. The minimum absolute atomic E-state index is 0.000857. The molecule has 0 spiro atoms. The second-order valence-corrected chi connectivity index (χ2v) is 9.55. The van der Waals surface area contributed by atoms with Gasteiger partial charge in [-0.1, -0.05) is 42.5 Å². The lowest BCUT2D eigenvalue weighted by atomic mass is 10.0. The molecule has 2 aromatic heterocycles. The molecule has 2 aliphatic heterocycles. The maximum Gasteiger partial charge on any atom is 0.272 e. The molecule has 3 atom stereocenters. The summed E-state index contributed by atoms with van der Waals surface area (Å²) in [6.07, 6.45) is 5.94. The van der Waals surface area contributed by atoms with Crippen LogP contribution in [0.4, 0.5) is 0 Å². The summed E-state index contributed by atoms with van der Waals surface area (Å²) in [4.78, 5) is 26.1.